The third-order valence-electron chi connectivity index (χ3n) is 4.21. The highest BCUT2D eigenvalue weighted by molar-refractivity contribution is 7.99. The Labute approximate surface area is 187 Å². The van der Waals surface area contributed by atoms with E-state index in [1.54, 1.807) is 43.5 Å². The van der Waals surface area contributed by atoms with Gasteiger partial charge in [-0.1, -0.05) is 23.4 Å². The maximum absolute atomic E-state index is 12.4. The highest BCUT2D eigenvalue weighted by Crippen LogP contribution is 2.36. The van der Waals surface area contributed by atoms with E-state index in [9.17, 15) is 9.90 Å². The van der Waals surface area contributed by atoms with Gasteiger partial charge in [0.05, 0.1) is 37.3 Å². The van der Waals surface area contributed by atoms with E-state index in [1.807, 2.05) is 0 Å². The molecule has 0 bridgehead atoms. The van der Waals surface area contributed by atoms with Gasteiger partial charge in [0.15, 0.2) is 5.95 Å². The van der Waals surface area contributed by atoms with E-state index < -0.39 is 5.95 Å². The molecule has 0 unspecified atom stereocenters. The molecule has 0 aliphatic heterocycles. The zero-order chi connectivity index (χ0) is 22.4. The summed E-state index contributed by atoms with van der Waals surface area (Å²) in [7, 11) is 4.53. The number of benzene rings is 2. The number of hydrogen-bond donors (Lipinski definition) is 1. The van der Waals surface area contributed by atoms with E-state index in [0.29, 0.717) is 39.4 Å². The molecule has 11 heteroatoms. The third-order valence-corrected chi connectivity index (χ3v) is 5.52. The van der Waals surface area contributed by atoms with Crippen molar-refractivity contribution in [3.05, 3.63) is 41.4 Å². The lowest BCUT2D eigenvalue weighted by Gasteiger charge is -2.13. The molecule has 1 amide bonds. The number of rotatable bonds is 9. The van der Waals surface area contributed by atoms with Gasteiger partial charge in [0.25, 0.3) is 5.03 Å². The van der Waals surface area contributed by atoms with Crippen molar-refractivity contribution in [1.82, 2.24) is 5.27 Å². The Kier molecular flexibility index (Phi) is 7.48. The highest BCUT2D eigenvalue weighted by Gasteiger charge is 2.21. The summed E-state index contributed by atoms with van der Waals surface area (Å²) in [5, 5.41) is 19.2. The fourth-order valence-corrected chi connectivity index (χ4v) is 3.80. The average Bonchev–Trinajstić information content (AvgIpc) is 3.14. The van der Waals surface area contributed by atoms with Crippen molar-refractivity contribution in [3.8, 4) is 28.9 Å². The molecule has 0 saturated heterocycles. The van der Waals surface area contributed by atoms with Gasteiger partial charge in [-0.2, -0.15) is 0 Å². The summed E-state index contributed by atoms with van der Waals surface area (Å²) in [6, 6.07) is 10.1. The van der Waals surface area contributed by atoms with Crippen molar-refractivity contribution in [1.29, 1.82) is 0 Å². The normalized spacial score (nSPS) is 10.6. The van der Waals surface area contributed by atoms with Gasteiger partial charge in [0.2, 0.25) is 11.6 Å². The second kappa shape index (κ2) is 10.3. The van der Waals surface area contributed by atoms with Gasteiger partial charge in [-0.15, -0.1) is 0 Å². The van der Waals surface area contributed by atoms with E-state index in [-0.39, 0.29) is 17.4 Å². The molecule has 0 radical (unpaired) electrons. The summed E-state index contributed by atoms with van der Waals surface area (Å²) in [5.41, 5.74) is 1.06. The van der Waals surface area contributed by atoms with Crippen molar-refractivity contribution in [2.24, 2.45) is 0 Å². The zero-order valence-corrected chi connectivity index (χ0v) is 18.6. The monoisotopic (exact) mass is 465 g/mol. The number of methoxy groups -OCH3 is 3. The van der Waals surface area contributed by atoms with Gasteiger partial charge in [-0.3, -0.25) is 4.79 Å². The van der Waals surface area contributed by atoms with E-state index in [0.717, 1.165) is 0 Å². The Morgan fingerprint density at radius 3 is 2.52 bits per heavy atom. The van der Waals surface area contributed by atoms with Gasteiger partial charge in [-0.05, 0) is 22.9 Å². The first kappa shape index (κ1) is 22.6. The molecule has 1 heterocycles. The molecular formula is C20H20ClN3O6S. The molecule has 31 heavy (non-hydrogen) atoms. The summed E-state index contributed by atoms with van der Waals surface area (Å²) in [5.74, 6) is 1.00. The van der Waals surface area contributed by atoms with Gasteiger partial charge >= 0.3 is 0 Å². The first-order valence-electron chi connectivity index (χ1n) is 9.04. The van der Waals surface area contributed by atoms with Crippen LogP contribution in [0.2, 0.25) is 5.02 Å². The van der Waals surface area contributed by atoms with Gasteiger partial charge in [0.1, 0.15) is 17.2 Å². The van der Waals surface area contributed by atoms with Crippen molar-refractivity contribution in [2.75, 3.05) is 32.4 Å². The summed E-state index contributed by atoms with van der Waals surface area (Å²) in [6.07, 6.45) is 0.130. The van der Waals surface area contributed by atoms with Crippen LogP contribution in [0.3, 0.4) is 0 Å². The molecule has 0 spiro atoms. The van der Waals surface area contributed by atoms with Crippen LogP contribution in [-0.4, -0.2) is 38.3 Å². The van der Waals surface area contributed by atoms with Gasteiger partial charge in [0, 0.05) is 30.4 Å². The second-order valence-corrected chi connectivity index (χ2v) is 7.60. The molecule has 2 aromatic carbocycles. The van der Waals surface area contributed by atoms with Crippen LogP contribution >= 0.6 is 23.4 Å². The first-order chi connectivity index (χ1) is 15.0. The Morgan fingerprint density at radius 2 is 1.87 bits per heavy atom. The smallest absolute Gasteiger partial charge is 0.297 e. The topological polar surface area (TPSA) is 110 Å². The minimum Gasteiger partial charge on any atom is -0.538 e. The van der Waals surface area contributed by atoms with E-state index in [2.05, 4.69) is 10.6 Å². The summed E-state index contributed by atoms with van der Waals surface area (Å²) >= 11 is 7.30. The van der Waals surface area contributed by atoms with E-state index >= 15 is 0 Å². The number of anilines is 1. The first-order valence-corrected chi connectivity index (χ1v) is 10.4. The van der Waals surface area contributed by atoms with Crippen molar-refractivity contribution < 1.29 is 33.3 Å². The molecule has 0 aliphatic carbocycles. The van der Waals surface area contributed by atoms with Crippen LogP contribution in [0.15, 0.2) is 45.9 Å². The third kappa shape index (κ3) is 5.33. The number of aromatic nitrogens is 2. The molecule has 0 saturated carbocycles. The molecule has 3 rings (SSSR count). The number of nitrogens with one attached hydrogen (secondary N) is 1. The highest BCUT2D eigenvalue weighted by atomic mass is 35.5. The largest absolute Gasteiger partial charge is 0.538 e. The number of halogens is 1. The van der Waals surface area contributed by atoms with E-state index in [4.69, 9.17) is 30.3 Å². The second-order valence-electron chi connectivity index (χ2n) is 6.11. The number of amides is 1. The SMILES string of the molecule is COc1ccc(-[n+]2noc([O-])c2SCCC(=O)Nc2cc(Cl)c(OC)cc2OC)cc1. The number of carbonyl (C=O) groups excluding carboxylic acids is 1. The van der Waals surface area contributed by atoms with Crippen LogP contribution in [0, 0.1) is 0 Å². The summed E-state index contributed by atoms with van der Waals surface area (Å²) in [6.45, 7) is 0. The maximum atomic E-state index is 12.4. The fraction of sp³-hybridized carbons (Fsp3) is 0.250. The Balaban J connectivity index is 1.64. The minimum absolute atomic E-state index is 0.130. The molecule has 0 fully saturated rings. The van der Waals surface area contributed by atoms with Crippen LogP contribution in [0.5, 0.6) is 23.2 Å². The van der Waals surface area contributed by atoms with Crippen molar-refractivity contribution >= 4 is 35.0 Å². The Morgan fingerprint density at radius 1 is 1.16 bits per heavy atom. The predicted octanol–water partition coefficient (Wildman–Crippen LogP) is 2.83. The minimum atomic E-state index is -0.579. The number of carbonyl (C=O) groups is 1. The number of hydrogen-bond acceptors (Lipinski definition) is 8. The molecule has 1 aromatic heterocycles. The Bertz CT molecular complexity index is 1060. The summed E-state index contributed by atoms with van der Waals surface area (Å²) < 4.78 is 21.7. The van der Waals surface area contributed by atoms with Gasteiger partial charge < -0.3 is 29.2 Å². The van der Waals surface area contributed by atoms with Crippen LogP contribution in [-0.2, 0) is 4.79 Å². The van der Waals surface area contributed by atoms with E-state index in [1.165, 1.54) is 30.7 Å². The lowest BCUT2D eigenvalue weighted by Crippen LogP contribution is -2.34. The van der Waals surface area contributed by atoms with Crippen LogP contribution < -0.4 is 29.3 Å². The Hall–Kier alpha value is -3.11. The molecule has 3 aromatic rings. The van der Waals surface area contributed by atoms with Crippen molar-refractivity contribution in [2.45, 2.75) is 11.4 Å². The zero-order valence-electron chi connectivity index (χ0n) is 17.0. The summed E-state index contributed by atoms with van der Waals surface area (Å²) in [4.78, 5) is 12.4. The lowest BCUT2D eigenvalue weighted by molar-refractivity contribution is -0.705. The lowest BCUT2D eigenvalue weighted by atomic mass is 10.2. The number of ether oxygens (including phenoxy) is 3. The maximum Gasteiger partial charge on any atom is 0.297 e. The molecule has 1 N–H and O–H groups in total. The predicted molar refractivity (Wildman–Crippen MR) is 113 cm³/mol. The standard InChI is InChI=1S/C20H20ClN3O6S/c1-27-13-6-4-12(5-7-13)24-19(20(26)30-23-24)31-9-8-18(25)22-15-10-14(21)16(28-2)11-17(15)29-3/h4-7,10-11H,8-9H2,1-3H3,(H-,22,23,25,26). The molecule has 0 atom stereocenters. The molecular weight excluding hydrogens is 446 g/mol. The average molecular weight is 466 g/mol. The van der Waals surface area contributed by atoms with Crippen LogP contribution in [0.1, 0.15) is 6.42 Å². The fourth-order valence-electron chi connectivity index (χ4n) is 2.66. The van der Waals surface area contributed by atoms with Crippen LogP contribution in [0.4, 0.5) is 5.69 Å². The number of thioether (sulfide) groups is 1. The molecule has 9 nitrogen and oxygen atoms in total. The van der Waals surface area contributed by atoms with Crippen molar-refractivity contribution in [3.63, 3.8) is 0 Å². The molecule has 0 aliphatic rings. The van der Waals surface area contributed by atoms with Gasteiger partial charge in [-0.25, -0.2) is 0 Å². The quantitative estimate of drug-likeness (QED) is 0.379. The molecule has 164 valence electrons. The van der Waals surface area contributed by atoms with Crippen LogP contribution in [0.25, 0.3) is 5.69 Å². The number of nitrogens with zero attached hydrogens (tertiary/aromatic N) is 2.